The summed E-state index contributed by atoms with van der Waals surface area (Å²) < 4.78 is 0. The van der Waals surface area contributed by atoms with Crippen molar-refractivity contribution in [1.82, 2.24) is 29.8 Å². The van der Waals surface area contributed by atoms with Crippen molar-refractivity contribution in [3.8, 4) is 11.5 Å². The molecule has 0 radical (unpaired) electrons. The number of nitrogens with one attached hydrogen (secondary N) is 1. The first kappa shape index (κ1) is 19.4. The Morgan fingerprint density at radius 3 is 2.69 bits per heavy atom. The fourth-order valence-electron chi connectivity index (χ4n) is 3.64. The van der Waals surface area contributed by atoms with Gasteiger partial charge in [-0.3, -0.25) is 14.6 Å². The van der Waals surface area contributed by atoms with E-state index in [1.54, 1.807) is 36.0 Å². The summed E-state index contributed by atoms with van der Waals surface area (Å²) in [7, 11) is 0. The largest absolute Gasteiger partial charge is 0.342 e. The van der Waals surface area contributed by atoms with Crippen molar-refractivity contribution in [1.29, 1.82) is 0 Å². The van der Waals surface area contributed by atoms with E-state index in [0.29, 0.717) is 31.0 Å². The number of carbonyl (C=O) groups is 1. The third-order valence-electron chi connectivity index (χ3n) is 5.14. The highest BCUT2D eigenvalue weighted by Crippen LogP contribution is 2.28. The summed E-state index contributed by atoms with van der Waals surface area (Å²) in [5.74, 6) is 0.702. The van der Waals surface area contributed by atoms with Crippen molar-refractivity contribution in [3.63, 3.8) is 0 Å². The van der Waals surface area contributed by atoms with Crippen LogP contribution in [0.1, 0.15) is 40.0 Å². The van der Waals surface area contributed by atoms with Crippen LogP contribution in [0.25, 0.3) is 11.5 Å². The molecule has 0 aliphatic carbocycles. The Morgan fingerprint density at radius 2 is 2.03 bits per heavy atom. The summed E-state index contributed by atoms with van der Waals surface area (Å²) >= 11 is 1.59. The maximum atomic E-state index is 12.7. The normalized spacial score (nSPS) is 14.9. The molecule has 1 fully saturated rings. The molecule has 1 aliphatic heterocycles. The third-order valence-corrected chi connectivity index (χ3v) is 6.22. The zero-order valence-corrected chi connectivity index (χ0v) is 17.2. The fourth-order valence-corrected chi connectivity index (χ4v) is 4.57. The lowest BCUT2D eigenvalue weighted by molar-refractivity contribution is -0.131. The van der Waals surface area contributed by atoms with Gasteiger partial charge in [0, 0.05) is 42.3 Å². The van der Waals surface area contributed by atoms with Gasteiger partial charge in [-0.15, -0.1) is 11.3 Å². The van der Waals surface area contributed by atoms with Crippen LogP contribution in [0.15, 0.2) is 29.5 Å². The van der Waals surface area contributed by atoms with Crippen LogP contribution >= 0.6 is 11.3 Å². The topological polar surface area (TPSA) is 105 Å². The number of H-pyrrole nitrogens is 1. The number of aromatic nitrogens is 5. The first-order valence-corrected chi connectivity index (χ1v) is 10.4. The van der Waals surface area contributed by atoms with E-state index in [4.69, 9.17) is 0 Å². The van der Waals surface area contributed by atoms with Crippen LogP contribution in [-0.4, -0.2) is 48.8 Å². The molecule has 8 nitrogen and oxygen atoms in total. The Labute approximate surface area is 172 Å². The lowest BCUT2D eigenvalue weighted by Gasteiger charge is -2.31. The van der Waals surface area contributed by atoms with Crippen molar-refractivity contribution in [2.45, 2.75) is 39.0 Å². The van der Waals surface area contributed by atoms with Crippen LogP contribution in [-0.2, 0) is 11.2 Å². The van der Waals surface area contributed by atoms with E-state index < -0.39 is 0 Å². The van der Waals surface area contributed by atoms with Crippen LogP contribution in [0, 0.1) is 13.8 Å². The molecule has 0 aromatic carbocycles. The number of aryl methyl sites for hydroxylation is 2. The molecule has 0 bridgehead atoms. The van der Waals surface area contributed by atoms with Gasteiger partial charge >= 0.3 is 0 Å². The number of thiazole rings is 1. The summed E-state index contributed by atoms with van der Waals surface area (Å²) in [5.41, 5.74) is 2.02. The molecule has 150 valence electrons. The Balaban J connectivity index is 1.43. The van der Waals surface area contributed by atoms with Gasteiger partial charge in [0.2, 0.25) is 5.91 Å². The first-order valence-electron chi connectivity index (χ1n) is 9.58. The molecule has 9 heteroatoms. The minimum Gasteiger partial charge on any atom is -0.342 e. The zero-order valence-electron chi connectivity index (χ0n) is 16.4. The molecule has 29 heavy (non-hydrogen) atoms. The average Bonchev–Trinajstić information content (AvgIpc) is 3.05. The van der Waals surface area contributed by atoms with Crippen LogP contribution < -0.4 is 5.56 Å². The smallest absolute Gasteiger partial charge is 0.251 e. The van der Waals surface area contributed by atoms with Gasteiger partial charge in [0.25, 0.3) is 5.56 Å². The van der Waals surface area contributed by atoms with Gasteiger partial charge in [-0.25, -0.2) is 15.0 Å². The third kappa shape index (κ3) is 4.40. The molecule has 4 rings (SSSR count). The second-order valence-electron chi connectivity index (χ2n) is 7.18. The number of rotatable bonds is 4. The number of aromatic amines is 1. The summed E-state index contributed by atoms with van der Waals surface area (Å²) in [6.07, 6.45) is 6.69. The van der Waals surface area contributed by atoms with E-state index in [1.165, 1.54) is 0 Å². The van der Waals surface area contributed by atoms with Crippen molar-refractivity contribution < 1.29 is 4.79 Å². The second kappa shape index (κ2) is 8.20. The number of piperidine rings is 1. The van der Waals surface area contributed by atoms with Gasteiger partial charge in [0.05, 0.1) is 29.0 Å². The molecule has 3 aromatic heterocycles. The highest BCUT2D eigenvalue weighted by atomic mass is 32.1. The lowest BCUT2D eigenvalue weighted by atomic mass is 9.93. The van der Waals surface area contributed by atoms with E-state index in [0.717, 1.165) is 34.1 Å². The number of carbonyl (C=O) groups excluding carboxylic acids is 1. The minimum atomic E-state index is -0.204. The highest BCUT2D eigenvalue weighted by Gasteiger charge is 2.26. The Hall–Kier alpha value is -2.94. The van der Waals surface area contributed by atoms with Gasteiger partial charge < -0.3 is 9.88 Å². The molecule has 4 heterocycles. The standard InChI is InChI=1S/C20H22N6O2S/c1-12-17(29-13(2)23-12)10-19(28)26-7-3-14(4-8-26)15-9-18(27)25-20(24-15)16-11-21-5-6-22-16/h5-6,9,11,14H,3-4,7-8,10H2,1-2H3,(H,24,25,27). The van der Waals surface area contributed by atoms with Gasteiger partial charge in [-0.1, -0.05) is 0 Å². The molecule has 0 saturated carbocycles. The highest BCUT2D eigenvalue weighted by molar-refractivity contribution is 7.11. The predicted octanol–water partition coefficient (Wildman–Crippen LogP) is 2.25. The molecular weight excluding hydrogens is 388 g/mol. The lowest BCUT2D eigenvalue weighted by Crippen LogP contribution is -2.39. The molecule has 0 atom stereocenters. The molecule has 1 N–H and O–H groups in total. The molecule has 1 saturated heterocycles. The van der Waals surface area contributed by atoms with E-state index >= 15 is 0 Å². The van der Waals surface area contributed by atoms with Gasteiger partial charge in [0.15, 0.2) is 5.82 Å². The second-order valence-corrected chi connectivity index (χ2v) is 8.47. The first-order chi connectivity index (χ1) is 14.0. The van der Waals surface area contributed by atoms with Gasteiger partial charge in [-0.05, 0) is 26.7 Å². The van der Waals surface area contributed by atoms with Crippen molar-refractivity contribution in [2.24, 2.45) is 0 Å². The predicted molar refractivity (Wildman–Crippen MR) is 110 cm³/mol. The monoisotopic (exact) mass is 410 g/mol. The van der Waals surface area contributed by atoms with Crippen LogP contribution in [0.5, 0.6) is 0 Å². The summed E-state index contributed by atoms with van der Waals surface area (Å²) in [6, 6.07) is 1.55. The maximum absolute atomic E-state index is 12.7. The molecule has 1 amide bonds. The Kier molecular flexibility index (Phi) is 5.48. The number of amides is 1. The van der Waals surface area contributed by atoms with Crippen molar-refractivity contribution in [2.75, 3.05) is 13.1 Å². The fraction of sp³-hybridized carbons (Fsp3) is 0.400. The van der Waals surface area contributed by atoms with Crippen molar-refractivity contribution in [3.05, 3.63) is 56.3 Å². The van der Waals surface area contributed by atoms with Gasteiger partial charge in [0.1, 0.15) is 5.69 Å². The molecule has 0 spiro atoms. The number of hydrogen-bond donors (Lipinski definition) is 1. The Bertz CT molecular complexity index is 1070. The number of hydrogen-bond acceptors (Lipinski definition) is 7. The minimum absolute atomic E-state index is 0.134. The van der Waals surface area contributed by atoms with Crippen LogP contribution in [0.4, 0.5) is 0 Å². The summed E-state index contributed by atoms with van der Waals surface area (Å²) in [5, 5.41) is 0.989. The van der Waals surface area contributed by atoms with Gasteiger partial charge in [-0.2, -0.15) is 0 Å². The van der Waals surface area contributed by atoms with E-state index in [1.807, 2.05) is 18.7 Å². The average molecular weight is 411 g/mol. The maximum Gasteiger partial charge on any atom is 0.251 e. The molecule has 3 aromatic rings. The zero-order chi connectivity index (χ0) is 20.4. The van der Waals surface area contributed by atoms with Crippen LogP contribution in [0.3, 0.4) is 0 Å². The molecular formula is C20H22N6O2S. The van der Waals surface area contributed by atoms with E-state index in [9.17, 15) is 9.59 Å². The summed E-state index contributed by atoms with van der Waals surface area (Å²) in [4.78, 5) is 47.7. The number of nitrogens with zero attached hydrogens (tertiary/aromatic N) is 5. The SMILES string of the molecule is Cc1nc(C)c(CC(=O)N2CCC(c3cc(=O)[nH]c(-c4cnccn4)n3)CC2)s1. The molecule has 0 unspecified atom stereocenters. The Morgan fingerprint density at radius 1 is 1.24 bits per heavy atom. The quantitative estimate of drug-likeness (QED) is 0.707. The molecule has 1 aliphatic rings. The van der Waals surface area contributed by atoms with E-state index in [2.05, 4.69) is 24.9 Å². The van der Waals surface area contributed by atoms with Crippen LogP contribution in [0.2, 0.25) is 0 Å². The number of likely N-dealkylation sites (tertiary alicyclic amines) is 1. The summed E-state index contributed by atoms with van der Waals surface area (Å²) in [6.45, 7) is 5.23. The van der Waals surface area contributed by atoms with E-state index in [-0.39, 0.29) is 17.4 Å². The van der Waals surface area contributed by atoms with Crippen molar-refractivity contribution >= 4 is 17.2 Å².